The van der Waals surface area contributed by atoms with Crippen LogP contribution >= 0.6 is 0 Å². The number of aryl methyl sites for hydroxylation is 1. The van der Waals surface area contributed by atoms with Crippen LogP contribution in [0, 0.1) is 0 Å². The Morgan fingerprint density at radius 3 is 2.12 bits per heavy atom. The molecule has 0 bridgehead atoms. The van der Waals surface area contributed by atoms with Crippen molar-refractivity contribution in [2.75, 3.05) is 20.3 Å². The summed E-state index contributed by atoms with van der Waals surface area (Å²) in [5.41, 5.74) is 3.90. The van der Waals surface area contributed by atoms with Crippen LogP contribution in [0.1, 0.15) is 44.4 Å². The van der Waals surface area contributed by atoms with E-state index >= 15 is 0 Å². The van der Waals surface area contributed by atoms with E-state index in [1.807, 2.05) is 19.2 Å². The number of benzene rings is 2. The Labute approximate surface area is 152 Å². The number of nitrogens with one attached hydrogen (secondary N) is 1. The number of rotatable bonds is 8. The summed E-state index contributed by atoms with van der Waals surface area (Å²) in [7, 11) is 1.95. The maximum atomic E-state index is 6.01. The molecule has 3 heteroatoms. The van der Waals surface area contributed by atoms with Crippen molar-refractivity contribution in [3.8, 4) is 11.5 Å². The highest BCUT2D eigenvalue weighted by Gasteiger charge is 2.19. The molecule has 0 unspecified atom stereocenters. The van der Waals surface area contributed by atoms with Gasteiger partial charge in [-0.1, -0.05) is 52.0 Å². The van der Waals surface area contributed by atoms with E-state index in [2.05, 4.69) is 63.3 Å². The molecule has 1 N–H and O–H groups in total. The van der Waals surface area contributed by atoms with Gasteiger partial charge in [-0.25, -0.2) is 0 Å². The van der Waals surface area contributed by atoms with Crippen LogP contribution < -0.4 is 14.8 Å². The Morgan fingerprint density at radius 2 is 1.52 bits per heavy atom. The van der Waals surface area contributed by atoms with Crippen LogP contribution in [0.3, 0.4) is 0 Å². The highest BCUT2D eigenvalue weighted by Crippen LogP contribution is 2.32. The van der Waals surface area contributed by atoms with Crippen LogP contribution in [0.15, 0.2) is 42.5 Å². The predicted molar refractivity (Wildman–Crippen MR) is 105 cm³/mol. The van der Waals surface area contributed by atoms with Gasteiger partial charge in [0.05, 0.1) is 0 Å². The van der Waals surface area contributed by atoms with E-state index in [0.29, 0.717) is 13.2 Å². The van der Waals surface area contributed by atoms with Crippen LogP contribution in [0.25, 0.3) is 0 Å². The van der Waals surface area contributed by atoms with Gasteiger partial charge in [0.25, 0.3) is 0 Å². The van der Waals surface area contributed by atoms with Gasteiger partial charge in [-0.3, -0.25) is 0 Å². The van der Waals surface area contributed by atoms with Crippen LogP contribution in [-0.2, 0) is 18.4 Å². The number of hydrogen-bond donors (Lipinski definition) is 1. The molecule has 0 heterocycles. The Bertz CT molecular complexity index is 657. The lowest BCUT2D eigenvalue weighted by atomic mass is 9.85. The van der Waals surface area contributed by atoms with E-state index in [1.165, 1.54) is 16.7 Å². The molecule has 0 aromatic heterocycles. The minimum absolute atomic E-state index is 0.0600. The molecule has 0 radical (unpaired) electrons. The standard InChI is InChI=1S/C22H31NO2/c1-6-17-9-12-21(20(15-17)22(2,3)4)25-14-13-24-19-10-7-18(8-11-19)16-23-5/h7-12,15,23H,6,13-14,16H2,1-5H3. The van der Waals surface area contributed by atoms with Gasteiger partial charge in [-0.2, -0.15) is 0 Å². The summed E-state index contributed by atoms with van der Waals surface area (Å²) < 4.78 is 11.8. The van der Waals surface area contributed by atoms with Gasteiger partial charge >= 0.3 is 0 Å². The van der Waals surface area contributed by atoms with E-state index in [4.69, 9.17) is 9.47 Å². The largest absolute Gasteiger partial charge is 0.490 e. The maximum Gasteiger partial charge on any atom is 0.123 e. The van der Waals surface area contributed by atoms with E-state index in [0.717, 1.165) is 24.5 Å². The van der Waals surface area contributed by atoms with Crippen molar-refractivity contribution in [1.29, 1.82) is 0 Å². The van der Waals surface area contributed by atoms with Crippen LogP contribution in [-0.4, -0.2) is 20.3 Å². The molecule has 0 atom stereocenters. The Morgan fingerprint density at radius 1 is 0.880 bits per heavy atom. The predicted octanol–water partition coefficient (Wildman–Crippen LogP) is 4.72. The summed E-state index contributed by atoms with van der Waals surface area (Å²) in [6, 6.07) is 14.7. The minimum Gasteiger partial charge on any atom is -0.490 e. The lowest BCUT2D eigenvalue weighted by Crippen LogP contribution is -2.16. The molecule has 0 saturated heterocycles. The highest BCUT2D eigenvalue weighted by atomic mass is 16.5. The van der Waals surface area contributed by atoms with Gasteiger partial charge in [0.2, 0.25) is 0 Å². The van der Waals surface area contributed by atoms with Gasteiger partial charge in [0.15, 0.2) is 0 Å². The molecule has 25 heavy (non-hydrogen) atoms. The molecule has 2 aromatic rings. The molecular formula is C22H31NO2. The smallest absolute Gasteiger partial charge is 0.123 e. The topological polar surface area (TPSA) is 30.5 Å². The summed E-state index contributed by atoms with van der Waals surface area (Å²) in [6.07, 6.45) is 1.04. The molecule has 3 nitrogen and oxygen atoms in total. The van der Waals surface area contributed by atoms with Crippen molar-refractivity contribution in [3.63, 3.8) is 0 Å². The van der Waals surface area contributed by atoms with Crippen LogP contribution in [0.5, 0.6) is 11.5 Å². The fourth-order valence-electron chi connectivity index (χ4n) is 2.73. The first kappa shape index (κ1) is 19.3. The van der Waals surface area contributed by atoms with Gasteiger partial charge < -0.3 is 14.8 Å². The second-order valence-electron chi connectivity index (χ2n) is 7.31. The van der Waals surface area contributed by atoms with Crippen molar-refractivity contribution in [3.05, 3.63) is 59.2 Å². The van der Waals surface area contributed by atoms with Crippen molar-refractivity contribution >= 4 is 0 Å². The monoisotopic (exact) mass is 341 g/mol. The van der Waals surface area contributed by atoms with E-state index < -0.39 is 0 Å². The van der Waals surface area contributed by atoms with Crippen LogP contribution in [0.4, 0.5) is 0 Å². The molecular weight excluding hydrogens is 310 g/mol. The Balaban J connectivity index is 1.91. The first-order chi connectivity index (χ1) is 11.9. The molecule has 0 saturated carbocycles. The molecule has 0 fully saturated rings. The van der Waals surface area contributed by atoms with Crippen molar-refractivity contribution in [2.24, 2.45) is 0 Å². The molecule has 0 spiro atoms. The van der Waals surface area contributed by atoms with Gasteiger partial charge in [-0.15, -0.1) is 0 Å². The summed E-state index contributed by atoms with van der Waals surface area (Å²) in [5, 5.41) is 3.14. The zero-order valence-corrected chi connectivity index (χ0v) is 16.2. The SMILES string of the molecule is CCc1ccc(OCCOc2ccc(CNC)cc2)c(C(C)(C)C)c1. The molecule has 0 aliphatic heterocycles. The average Bonchev–Trinajstić information content (AvgIpc) is 2.59. The Kier molecular flexibility index (Phi) is 6.89. The summed E-state index contributed by atoms with van der Waals surface area (Å²) in [4.78, 5) is 0. The lowest BCUT2D eigenvalue weighted by Gasteiger charge is -2.23. The summed E-state index contributed by atoms with van der Waals surface area (Å²) >= 11 is 0. The van der Waals surface area contributed by atoms with Gasteiger partial charge in [0, 0.05) is 6.54 Å². The Hall–Kier alpha value is -2.00. The van der Waals surface area contributed by atoms with Crippen LogP contribution in [0.2, 0.25) is 0 Å². The average molecular weight is 341 g/mol. The molecule has 136 valence electrons. The van der Waals surface area contributed by atoms with E-state index in [1.54, 1.807) is 0 Å². The third kappa shape index (κ3) is 5.79. The third-order valence-corrected chi connectivity index (χ3v) is 4.17. The quantitative estimate of drug-likeness (QED) is 0.705. The minimum atomic E-state index is 0.0600. The third-order valence-electron chi connectivity index (χ3n) is 4.17. The maximum absolute atomic E-state index is 6.01. The molecule has 0 aliphatic carbocycles. The van der Waals surface area contributed by atoms with Crippen molar-refractivity contribution in [2.45, 2.75) is 46.1 Å². The molecule has 2 aromatic carbocycles. The first-order valence-corrected chi connectivity index (χ1v) is 9.06. The highest BCUT2D eigenvalue weighted by molar-refractivity contribution is 5.41. The molecule has 2 rings (SSSR count). The summed E-state index contributed by atoms with van der Waals surface area (Å²) in [5.74, 6) is 1.83. The van der Waals surface area contributed by atoms with Crippen molar-refractivity contribution < 1.29 is 9.47 Å². The fourth-order valence-corrected chi connectivity index (χ4v) is 2.73. The lowest BCUT2D eigenvalue weighted by molar-refractivity contribution is 0.214. The van der Waals surface area contributed by atoms with E-state index in [9.17, 15) is 0 Å². The zero-order valence-electron chi connectivity index (χ0n) is 16.2. The second-order valence-corrected chi connectivity index (χ2v) is 7.31. The zero-order chi connectivity index (χ0) is 18.3. The summed E-state index contributed by atoms with van der Waals surface area (Å²) in [6.45, 7) is 10.8. The van der Waals surface area contributed by atoms with Gasteiger partial charge in [-0.05, 0) is 53.8 Å². The van der Waals surface area contributed by atoms with Gasteiger partial charge in [0.1, 0.15) is 24.7 Å². The van der Waals surface area contributed by atoms with Crippen molar-refractivity contribution in [1.82, 2.24) is 5.32 Å². The molecule has 0 amide bonds. The molecule has 0 aliphatic rings. The first-order valence-electron chi connectivity index (χ1n) is 9.06. The normalized spacial score (nSPS) is 11.4. The fraction of sp³-hybridized carbons (Fsp3) is 0.455. The second kappa shape index (κ2) is 8.91. The van der Waals surface area contributed by atoms with E-state index in [-0.39, 0.29) is 5.41 Å². The number of hydrogen-bond acceptors (Lipinski definition) is 3. The number of ether oxygens (including phenoxy) is 2.